The molecule has 4 rings (SSSR count). The minimum absolute atomic E-state index is 0. The normalized spacial score (nSPS) is 8.00. The number of benzene rings is 4. The average Bonchev–Trinajstić information content (AvgIpc) is 2.72. The summed E-state index contributed by atoms with van der Waals surface area (Å²) in [4.78, 5) is 0. The van der Waals surface area contributed by atoms with Crippen LogP contribution in [-0.4, -0.2) is 10.2 Å². The van der Waals surface area contributed by atoms with E-state index in [0.29, 0.717) is 11.5 Å². The van der Waals surface area contributed by atoms with Gasteiger partial charge < -0.3 is 20.4 Å². The van der Waals surface area contributed by atoms with Gasteiger partial charge in [0.25, 0.3) is 0 Å². The molecule has 144 valence electrons. The van der Waals surface area contributed by atoms with Crippen LogP contribution in [-0.2, 0) is 0 Å². The Labute approximate surface area is 201 Å². The molecule has 0 aliphatic heterocycles. The van der Waals surface area contributed by atoms with Crippen LogP contribution in [0.5, 0.6) is 23.0 Å². The zero-order valence-electron chi connectivity index (χ0n) is 17.3. The van der Waals surface area contributed by atoms with E-state index in [2.05, 4.69) is 0 Å². The van der Waals surface area contributed by atoms with Gasteiger partial charge in [0.05, 0.1) is 0 Å². The molecule has 0 spiro atoms. The van der Waals surface area contributed by atoms with E-state index in [-0.39, 0.29) is 49.2 Å². The van der Waals surface area contributed by atoms with Gasteiger partial charge in [-0.2, -0.15) is 0 Å². The van der Waals surface area contributed by atoms with Crippen molar-refractivity contribution in [3.8, 4) is 23.0 Å². The first kappa shape index (κ1) is 29.5. The second-order valence-corrected chi connectivity index (χ2v) is 5.30. The molecule has 4 nitrogen and oxygen atoms in total. The summed E-state index contributed by atoms with van der Waals surface area (Å²) in [5, 5.41) is 37.8. The van der Waals surface area contributed by atoms with Crippen molar-refractivity contribution in [2.75, 3.05) is 0 Å². The smallest absolute Gasteiger partial charge is 0.872 e. The van der Waals surface area contributed by atoms with Crippen LogP contribution in [0.4, 0.5) is 0 Å². The Bertz CT molecular complexity index is 697. The van der Waals surface area contributed by atoms with Crippen LogP contribution < -0.4 is 47.9 Å². The van der Waals surface area contributed by atoms with Gasteiger partial charge in [0.15, 0.2) is 0 Å². The Morgan fingerprint density at radius 3 is 0.667 bits per heavy atom. The number of rotatable bonds is 0. The maximum Gasteiger partial charge on any atom is 1.00 e. The summed E-state index contributed by atoms with van der Waals surface area (Å²) >= 11 is 0. The Morgan fingerprint density at radius 1 is 0.367 bits per heavy atom. The molecule has 0 heterocycles. The first-order valence-corrected chi connectivity index (χ1v) is 8.50. The zero-order chi connectivity index (χ0) is 20.5. The van der Waals surface area contributed by atoms with Crippen molar-refractivity contribution in [2.45, 2.75) is 0 Å². The van der Waals surface area contributed by atoms with Crippen molar-refractivity contribution in [3.05, 3.63) is 121 Å². The molecule has 4 aromatic carbocycles. The van der Waals surface area contributed by atoms with E-state index < -0.39 is 0 Å². The van der Waals surface area contributed by atoms with Crippen LogP contribution in [0.1, 0.15) is 0 Å². The molecular formula is C24H22Li2O4. The molecule has 0 bridgehead atoms. The van der Waals surface area contributed by atoms with Gasteiger partial charge >= 0.3 is 37.7 Å². The summed E-state index contributed by atoms with van der Waals surface area (Å²) in [5.41, 5.74) is 0. The van der Waals surface area contributed by atoms with Crippen molar-refractivity contribution in [3.63, 3.8) is 0 Å². The molecule has 0 unspecified atom stereocenters. The first-order chi connectivity index (χ1) is 13.6. The van der Waals surface area contributed by atoms with Crippen molar-refractivity contribution < 1.29 is 58.1 Å². The maximum atomic E-state index is 10.3. The molecule has 0 amide bonds. The van der Waals surface area contributed by atoms with Gasteiger partial charge in [-0.05, 0) is 24.3 Å². The summed E-state index contributed by atoms with van der Waals surface area (Å²) < 4.78 is 0. The number of aromatic hydroxyl groups is 2. The second-order valence-electron chi connectivity index (χ2n) is 5.30. The van der Waals surface area contributed by atoms with Crippen LogP contribution >= 0.6 is 0 Å². The standard InChI is InChI=1S/4C6H6O.2Li/c4*7-6-4-2-1-3-5-6;;/h4*1-5,7H;;/q;;;;2*+1/p-2. The van der Waals surface area contributed by atoms with Gasteiger partial charge in [-0.25, -0.2) is 0 Å². The molecule has 0 saturated heterocycles. The van der Waals surface area contributed by atoms with Gasteiger partial charge in [-0.1, -0.05) is 97.1 Å². The Morgan fingerprint density at radius 2 is 0.567 bits per heavy atom. The number of para-hydroxylation sites is 4. The Kier molecular flexibility index (Phi) is 19.2. The first-order valence-electron chi connectivity index (χ1n) is 8.50. The fourth-order valence-corrected chi connectivity index (χ4v) is 1.70. The van der Waals surface area contributed by atoms with E-state index in [4.69, 9.17) is 10.2 Å². The molecule has 0 atom stereocenters. The van der Waals surface area contributed by atoms with Crippen molar-refractivity contribution in [2.24, 2.45) is 0 Å². The van der Waals surface area contributed by atoms with Gasteiger partial charge in [-0.3, -0.25) is 0 Å². The fraction of sp³-hybridized carbons (Fsp3) is 0. The van der Waals surface area contributed by atoms with Gasteiger partial charge in [0.1, 0.15) is 11.5 Å². The maximum absolute atomic E-state index is 10.3. The molecular weight excluding hydrogens is 366 g/mol. The van der Waals surface area contributed by atoms with Crippen LogP contribution in [0.3, 0.4) is 0 Å². The van der Waals surface area contributed by atoms with Gasteiger partial charge in [0.2, 0.25) is 0 Å². The van der Waals surface area contributed by atoms with E-state index in [9.17, 15) is 10.2 Å². The van der Waals surface area contributed by atoms with E-state index >= 15 is 0 Å². The molecule has 0 aliphatic carbocycles. The molecule has 30 heavy (non-hydrogen) atoms. The van der Waals surface area contributed by atoms with Crippen LogP contribution in [0, 0.1) is 0 Å². The molecule has 6 heteroatoms. The second kappa shape index (κ2) is 19.6. The van der Waals surface area contributed by atoms with Crippen molar-refractivity contribution >= 4 is 0 Å². The van der Waals surface area contributed by atoms with Gasteiger partial charge in [0, 0.05) is 0 Å². The molecule has 0 fully saturated rings. The third-order valence-corrected chi connectivity index (χ3v) is 3.00. The largest absolute Gasteiger partial charge is 1.00 e. The van der Waals surface area contributed by atoms with E-state index in [1.54, 1.807) is 72.8 Å². The van der Waals surface area contributed by atoms with Crippen LogP contribution in [0.15, 0.2) is 121 Å². The van der Waals surface area contributed by atoms with Crippen LogP contribution in [0.25, 0.3) is 0 Å². The zero-order valence-corrected chi connectivity index (χ0v) is 17.3. The summed E-state index contributed by atoms with van der Waals surface area (Å²) in [5.74, 6) is 0.787. The summed E-state index contributed by atoms with van der Waals surface area (Å²) in [6.45, 7) is 0. The molecule has 2 N–H and O–H groups in total. The number of hydrogen-bond acceptors (Lipinski definition) is 4. The SMILES string of the molecule is Oc1ccccc1.Oc1ccccc1.[Li+].[Li+].[O-]c1ccccc1.[O-]c1ccccc1. The van der Waals surface area contributed by atoms with Gasteiger partial charge in [-0.15, -0.1) is 11.5 Å². The van der Waals surface area contributed by atoms with Crippen molar-refractivity contribution in [1.82, 2.24) is 0 Å². The topological polar surface area (TPSA) is 86.6 Å². The fourth-order valence-electron chi connectivity index (χ4n) is 1.70. The molecule has 0 aliphatic rings. The summed E-state index contributed by atoms with van der Waals surface area (Å²) in [6, 6.07) is 34.1. The van der Waals surface area contributed by atoms with Crippen LogP contribution in [0.2, 0.25) is 0 Å². The molecule has 4 aromatic rings. The average molecular weight is 388 g/mol. The van der Waals surface area contributed by atoms with Crippen molar-refractivity contribution in [1.29, 1.82) is 0 Å². The Hall–Kier alpha value is -2.73. The molecule has 0 aromatic heterocycles. The summed E-state index contributed by atoms with van der Waals surface area (Å²) in [7, 11) is 0. The third-order valence-electron chi connectivity index (χ3n) is 3.00. The summed E-state index contributed by atoms with van der Waals surface area (Å²) in [6.07, 6.45) is 0. The molecule has 0 radical (unpaired) electrons. The van der Waals surface area contributed by atoms with E-state index in [1.165, 1.54) is 24.3 Å². The predicted molar refractivity (Wildman–Crippen MR) is 108 cm³/mol. The Balaban J connectivity index is 0. The van der Waals surface area contributed by atoms with E-state index in [0.717, 1.165) is 0 Å². The molecule has 0 saturated carbocycles. The minimum Gasteiger partial charge on any atom is -0.872 e. The number of phenols is 2. The predicted octanol–water partition coefficient (Wildman–Crippen LogP) is -1.69. The quantitative estimate of drug-likeness (QED) is 0.352. The number of phenolic OH excluding ortho intramolecular Hbond substituents is 2. The number of hydrogen-bond donors (Lipinski definition) is 2. The third kappa shape index (κ3) is 17.4. The van der Waals surface area contributed by atoms with E-state index in [1.807, 2.05) is 24.3 Å². The monoisotopic (exact) mass is 388 g/mol. The minimum atomic E-state index is 0.